The predicted octanol–water partition coefficient (Wildman–Crippen LogP) is 3.07. The Kier molecular flexibility index (Phi) is 5.15. The van der Waals surface area contributed by atoms with Crippen LogP contribution in [-0.4, -0.2) is 58.9 Å². The van der Waals surface area contributed by atoms with E-state index in [9.17, 15) is 14.4 Å². The second-order valence-corrected chi connectivity index (χ2v) is 8.72. The molecule has 8 heteroatoms. The van der Waals surface area contributed by atoms with Crippen LogP contribution in [0.1, 0.15) is 42.6 Å². The van der Waals surface area contributed by atoms with Crippen LogP contribution in [0, 0.1) is 0 Å². The SMILES string of the molecule is CCOc1cccc2c1C1(CCN(C(=O)c3ccc4[nH]ncc4c3)CC1)C(=O)N2CC(C)=O. The van der Waals surface area contributed by atoms with Crippen molar-refractivity contribution in [3.05, 3.63) is 53.7 Å². The highest BCUT2D eigenvalue weighted by Crippen LogP contribution is 2.52. The lowest BCUT2D eigenvalue weighted by atomic mass is 9.73. The highest BCUT2D eigenvalue weighted by atomic mass is 16.5. The number of ether oxygens (including phenoxy) is 1. The van der Waals surface area contributed by atoms with Gasteiger partial charge in [-0.3, -0.25) is 19.5 Å². The summed E-state index contributed by atoms with van der Waals surface area (Å²) in [5.41, 5.74) is 2.29. The molecule has 0 saturated carbocycles. The van der Waals surface area contributed by atoms with Gasteiger partial charge in [0, 0.05) is 29.6 Å². The zero-order chi connectivity index (χ0) is 23.2. The van der Waals surface area contributed by atoms with Gasteiger partial charge >= 0.3 is 0 Å². The summed E-state index contributed by atoms with van der Waals surface area (Å²) in [6, 6.07) is 11.1. The van der Waals surface area contributed by atoms with Gasteiger partial charge in [-0.05, 0) is 57.0 Å². The average molecular weight is 447 g/mol. The molecule has 1 saturated heterocycles. The summed E-state index contributed by atoms with van der Waals surface area (Å²) in [5.74, 6) is 0.471. The number of hydrogen-bond donors (Lipinski definition) is 1. The number of hydrogen-bond acceptors (Lipinski definition) is 5. The molecule has 0 unspecified atom stereocenters. The van der Waals surface area contributed by atoms with E-state index < -0.39 is 5.41 Å². The van der Waals surface area contributed by atoms with Crippen molar-refractivity contribution >= 4 is 34.2 Å². The molecule has 0 bridgehead atoms. The van der Waals surface area contributed by atoms with E-state index in [1.807, 2.05) is 37.3 Å². The molecule has 2 aliphatic rings. The molecule has 1 aromatic heterocycles. The molecule has 170 valence electrons. The lowest BCUT2D eigenvalue weighted by molar-refractivity contribution is -0.126. The lowest BCUT2D eigenvalue weighted by Gasteiger charge is -2.39. The third-order valence-corrected chi connectivity index (χ3v) is 6.70. The van der Waals surface area contributed by atoms with Crippen LogP contribution in [0.4, 0.5) is 5.69 Å². The molecule has 0 atom stereocenters. The molecular formula is C25H26N4O4. The first-order valence-corrected chi connectivity index (χ1v) is 11.2. The van der Waals surface area contributed by atoms with Crippen molar-refractivity contribution in [1.29, 1.82) is 0 Å². The van der Waals surface area contributed by atoms with Gasteiger partial charge in [-0.15, -0.1) is 0 Å². The topological polar surface area (TPSA) is 95.6 Å². The number of fused-ring (bicyclic) bond motifs is 3. The van der Waals surface area contributed by atoms with Crippen molar-refractivity contribution < 1.29 is 19.1 Å². The quantitative estimate of drug-likeness (QED) is 0.650. The van der Waals surface area contributed by atoms with Crippen molar-refractivity contribution in [2.24, 2.45) is 0 Å². The van der Waals surface area contributed by atoms with Gasteiger partial charge in [0.25, 0.3) is 5.91 Å². The number of aromatic nitrogens is 2. The van der Waals surface area contributed by atoms with Gasteiger partial charge in [-0.1, -0.05) is 6.07 Å². The van der Waals surface area contributed by atoms with Crippen molar-refractivity contribution in [2.45, 2.75) is 32.1 Å². The number of piperidine rings is 1. The largest absolute Gasteiger partial charge is 0.493 e. The van der Waals surface area contributed by atoms with E-state index >= 15 is 0 Å². The normalized spacial score (nSPS) is 17.0. The first-order chi connectivity index (χ1) is 15.9. The summed E-state index contributed by atoms with van der Waals surface area (Å²) in [6.45, 7) is 4.81. The molecular weight excluding hydrogens is 420 g/mol. The number of carbonyl (C=O) groups is 3. The molecule has 1 spiro atoms. The third kappa shape index (κ3) is 3.37. The Morgan fingerprint density at radius 1 is 1.18 bits per heavy atom. The van der Waals surface area contributed by atoms with Gasteiger partial charge in [-0.25, -0.2) is 0 Å². The van der Waals surface area contributed by atoms with E-state index in [0.29, 0.717) is 43.9 Å². The van der Waals surface area contributed by atoms with E-state index in [0.717, 1.165) is 22.2 Å². The molecule has 2 amide bonds. The van der Waals surface area contributed by atoms with Gasteiger partial charge < -0.3 is 14.5 Å². The number of benzene rings is 2. The molecule has 1 fully saturated rings. The summed E-state index contributed by atoms with van der Waals surface area (Å²) in [6.07, 6.45) is 2.67. The molecule has 3 aromatic rings. The van der Waals surface area contributed by atoms with E-state index in [1.165, 1.54) is 6.92 Å². The number of Topliss-reactive ketones (excluding diaryl/α,β-unsaturated/α-hetero) is 1. The van der Waals surface area contributed by atoms with Crippen molar-refractivity contribution in [1.82, 2.24) is 15.1 Å². The molecule has 33 heavy (non-hydrogen) atoms. The van der Waals surface area contributed by atoms with Crippen LogP contribution in [0.2, 0.25) is 0 Å². The number of nitrogens with one attached hydrogen (secondary N) is 1. The maximum Gasteiger partial charge on any atom is 0.253 e. The van der Waals surface area contributed by atoms with Crippen LogP contribution >= 0.6 is 0 Å². The molecule has 1 N–H and O–H groups in total. The van der Waals surface area contributed by atoms with Crippen LogP contribution in [0.25, 0.3) is 10.9 Å². The first kappa shape index (κ1) is 21.2. The number of ketones is 1. The second-order valence-electron chi connectivity index (χ2n) is 8.72. The minimum atomic E-state index is -0.790. The predicted molar refractivity (Wildman–Crippen MR) is 124 cm³/mol. The molecule has 0 aliphatic carbocycles. The molecule has 5 rings (SSSR count). The number of rotatable bonds is 5. The van der Waals surface area contributed by atoms with Crippen molar-refractivity contribution in [3.63, 3.8) is 0 Å². The van der Waals surface area contributed by atoms with Crippen LogP contribution in [0.5, 0.6) is 5.75 Å². The maximum absolute atomic E-state index is 13.7. The summed E-state index contributed by atoms with van der Waals surface area (Å²) >= 11 is 0. The van der Waals surface area contributed by atoms with Gasteiger partial charge in [0.15, 0.2) is 0 Å². The van der Waals surface area contributed by atoms with E-state index in [-0.39, 0.29) is 24.1 Å². The van der Waals surface area contributed by atoms with Gasteiger partial charge in [-0.2, -0.15) is 5.10 Å². The Bertz CT molecular complexity index is 1260. The standard InChI is InChI=1S/C25H26N4O4/c1-3-33-21-6-4-5-20-22(21)25(24(32)29(20)15-16(2)30)9-11-28(12-10-25)23(31)17-7-8-19-18(13-17)14-26-27-19/h4-8,13-14H,3,9-12,15H2,1-2H3,(H,26,27). The Morgan fingerprint density at radius 3 is 2.70 bits per heavy atom. The average Bonchev–Trinajstić information content (AvgIpc) is 3.37. The zero-order valence-corrected chi connectivity index (χ0v) is 18.8. The Morgan fingerprint density at radius 2 is 1.97 bits per heavy atom. The van der Waals surface area contributed by atoms with Crippen LogP contribution in [0.15, 0.2) is 42.6 Å². The van der Waals surface area contributed by atoms with E-state index in [1.54, 1.807) is 22.1 Å². The fraction of sp³-hybridized carbons (Fsp3) is 0.360. The smallest absolute Gasteiger partial charge is 0.253 e. The van der Waals surface area contributed by atoms with Crippen LogP contribution in [0.3, 0.4) is 0 Å². The number of nitrogens with zero attached hydrogens (tertiary/aromatic N) is 3. The molecule has 0 radical (unpaired) electrons. The zero-order valence-electron chi connectivity index (χ0n) is 18.8. The third-order valence-electron chi connectivity index (χ3n) is 6.70. The number of carbonyl (C=O) groups excluding carboxylic acids is 3. The fourth-order valence-electron chi connectivity index (χ4n) is 5.17. The summed E-state index contributed by atoms with van der Waals surface area (Å²) in [5, 5.41) is 7.79. The number of amides is 2. The first-order valence-electron chi connectivity index (χ1n) is 11.2. The summed E-state index contributed by atoms with van der Waals surface area (Å²) in [4.78, 5) is 42.2. The minimum absolute atomic E-state index is 0.0382. The highest BCUT2D eigenvalue weighted by molar-refractivity contribution is 6.11. The number of H-pyrrole nitrogens is 1. The van der Waals surface area contributed by atoms with E-state index in [4.69, 9.17) is 4.74 Å². The minimum Gasteiger partial charge on any atom is -0.493 e. The highest BCUT2D eigenvalue weighted by Gasteiger charge is 2.54. The molecule has 2 aromatic carbocycles. The Hall–Kier alpha value is -3.68. The molecule has 8 nitrogen and oxygen atoms in total. The lowest BCUT2D eigenvalue weighted by Crippen LogP contribution is -2.50. The van der Waals surface area contributed by atoms with Gasteiger partial charge in [0.2, 0.25) is 5.91 Å². The molecule has 2 aliphatic heterocycles. The summed E-state index contributed by atoms with van der Waals surface area (Å²) < 4.78 is 5.90. The molecule has 3 heterocycles. The number of likely N-dealkylation sites (tertiary alicyclic amines) is 1. The number of anilines is 1. The Balaban J connectivity index is 1.45. The van der Waals surface area contributed by atoms with Crippen molar-refractivity contribution in [2.75, 3.05) is 31.1 Å². The fourth-order valence-corrected chi connectivity index (χ4v) is 5.17. The van der Waals surface area contributed by atoms with Crippen LogP contribution in [-0.2, 0) is 15.0 Å². The second kappa shape index (κ2) is 8.03. The van der Waals surface area contributed by atoms with E-state index in [2.05, 4.69) is 10.2 Å². The van der Waals surface area contributed by atoms with Gasteiger partial charge in [0.1, 0.15) is 11.5 Å². The monoisotopic (exact) mass is 446 g/mol. The maximum atomic E-state index is 13.7. The van der Waals surface area contributed by atoms with Crippen molar-refractivity contribution in [3.8, 4) is 5.75 Å². The number of aromatic amines is 1. The summed E-state index contributed by atoms with van der Waals surface area (Å²) in [7, 11) is 0. The van der Waals surface area contributed by atoms with Gasteiger partial charge in [0.05, 0.1) is 36.0 Å². The van der Waals surface area contributed by atoms with Crippen LogP contribution < -0.4 is 9.64 Å². The Labute approximate surface area is 191 Å².